The zero-order chi connectivity index (χ0) is 9.73. The number of hydrogen-bond acceptors (Lipinski definition) is 3. The number of alkyl halides is 1. The van der Waals surface area contributed by atoms with Crippen LogP contribution in [0.25, 0.3) is 0 Å². The largest absolute Gasteiger partial charge is 0.394 e. The second-order valence-electron chi connectivity index (χ2n) is 3.23. The maximum atomic E-state index is 11.1. The summed E-state index contributed by atoms with van der Waals surface area (Å²) >= 11 is 3.07. The van der Waals surface area contributed by atoms with Gasteiger partial charge in [-0.2, -0.15) is 0 Å². The molecule has 1 aliphatic rings. The van der Waals surface area contributed by atoms with Crippen LogP contribution >= 0.6 is 15.9 Å². The fraction of sp³-hybridized carbons (Fsp3) is 0.875. The first kappa shape index (κ1) is 10.9. The SMILES string of the molecule is O=C(CBr)NC1(CO)CCOCC1. The van der Waals surface area contributed by atoms with E-state index in [0.717, 1.165) is 0 Å². The van der Waals surface area contributed by atoms with Gasteiger partial charge >= 0.3 is 0 Å². The zero-order valence-electron chi connectivity index (χ0n) is 7.38. The molecule has 0 spiro atoms. The first-order valence-electron chi connectivity index (χ1n) is 4.28. The van der Waals surface area contributed by atoms with Crippen LogP contribution in [0.2, 0.25) is 0 Å². The van der Waals surface area contributed by atoms with Gasteiger partial charge in [-0.1, -0.05) is 15.9 Å². The molecule has 0 bridgehead atoms. The van der Waals surface area contributed by atoms with Crippen molar-refractivity contribution in [3.8, 4) is 0 Å². The van der Waals surface area contributed by atoms with E-state index in [1.807, 2.05) is 0 Å². The molecule has 5 heteroatoms. The predicted molar refractivity (Wildman–Crippen MR) is 51.8 cm³/mol. The molecule has 76 valence electrons. The number of ether oxygens (including phenoxy) is 1. The Labute approximate surface area is 85.8 Å². The minimum Gasteiger partial charge on any atom is -0.394 e. The van der Waals surface area contributed by atoms with Gasteiger partial charge in [0.1, 0.15) is 0 Å². The minimum atomic E-state index is -0.455. The van der Waals surface area contributed by atoms with Crippen molar-refractivity contribution in [1.29, 1.82) is 0 Å². The predicted octanol–water partition coefficient (Wildman–Crippen LogP) is 0.0390. The number of halogens is 1. The number of carbonyl (C=O) groups excluding carboxylic acids is 1. The Kier molecular flexibility index (Phi) is 4.15. The fourth-order valence-corrected chi connectivity index (χ4v) is 1.55. The Morgan fingerprint density at radius 3 is 2.62 bits per heavy atom. The smallest absolute Gasteiger partial charge is 0.231 e. The van der Waals surface area contributed by atoms with Gasteiger partial charge in [-0.3, -0.25) is 4.79 Å². The van der Waals surface area contributed by atoms with E-state index < -0.39 is 5.54 Å². The van der Waals surface area contributed by atoms with Crippen molar-refractivity contribution in [3.63, 3.8) is 0 Å². The van der Waals surface area contributed by atoms with Crippen LogP contribution < -0.4 is 5.32 Å². The van der Waals surface area contributed by atoms with E-state index >= 15 is 0 Å². The monoisotopic (exact) mass is 251 g/mol. The second-order valence-corrected chi connectivity index (χ2v) is 3.79. The van der Waals surface area contributed by atoms with Crippen LogP contribution in [-0.4, -0.2) is 41.7 Å². The summed E-state index contributed by atoms with van der Waals surface area (Å²) in [4.78, 5) is 11.1. The average Bonchev–Trinajstić information content (AvgIpc) is 2.19. The molecule has 0 unspecified atom stereocenters. The van der Waals surface area contributed by atoms with Gasteiger partial charge < -0.3 is 15.2 Å². The van der Waals surface area contributed by atoms with Crippen LogP contribution in [0.5, 0.6) is 0 Å². The van der Waals surface area contributed by atoms with E-state index in [9.17, 15) is 9.90 Å². The maximum absolute atomic E-state index is 11.1. The minimum absolute atomic E-state index is 0.0188. The van der Waals surface area contributed by atoms with Gasteiger partial charge in [0.15, 0.2) is 0 Å². The third-order valence-corrected chi connectivity index (χ3v) is 2.79. The lowest BCUT2D eigenvalue weighted by Crippen LogP contribution is -2.54. The van der Waals surface area contributed by atoms with Gasteiger partial charge in [-0.25, -0.2) is 0 Å². The highest BCUT2D eigenvalue weighted by atomic mass is 79.9. The standard InChI is InChI=1S/C8H14BrNO3/c9-5-7(12)10-8(6-11)1-3-13-4-2-8/h11H,1-6H2,(H,10,12). The number of aliphatic hydroxyl groups excluding tert-OH is 1. The van der Waals surface area contributed by atoms with Crippen LogP contribution in [0.3, 0.4) is 0 Å². The molecule has 0 aromatic heterocycles. The van der Waals surface area contributed by atoms with Crippen LogP contribution in [0.15, 0.2) is 0 Å². The van der Waals surface area contributed by atoms with E-state index in [1.165, 1.54) is 0 Å². The van der Waals surface area contributed by atoms with E-state index in [2.05, 4.69) is 21.2 Å². The molecule has 13 heavy (non-hydrogen) atoms. The molecule has 0 aromatic carbocycles. The summed E-state index contributed by atoms with van der Waals surface area (Å²) in [6.07, 6.45) is 1.37. The highest BCUT2D eigenvalue weighted by Crippen LogP contribution is 2.19. The van der Waals surface area contributed by atoms with E-state index in [0.29, 0.717) is 26.1 Å². The van der Waals surface area contributed by atoms with Crippen LogP contribution in [0.1, 0.15) is 12.8 Å². The number of hydrogen-bond donors (Lipinski definition) is 2. The maximum Gasteiger partial charge on any atom is 0.231 e. The molecule has 0 aromatic rings. The van der Waals surface area contributed by atoms with Crippen molar-refractivity contribution < 1.29 is 14.6 Å². The fourth-order valence-electron chi connectivity index (χ4n) is 1.41. The lowest BCUT2D eigenvalue weighted by atomic mass is 9.91. The quantitative estimate of drug-likeness (QED) is 0.697. The van der Waals surface area contributed by atoms with Gasteiger partial charge in [0.2, 0.25) is 5.91 Å². The molecule has 1 amide bonds. The number of carbonyl (C=O) groups is 1. The molecular formula is C8H14BrNO3. The van der Waals surface area contributed by atoms with Gasteiger partial charge in [-0.15, -0.1) is 0 Å². The lowest BCUT2D eigenvalue weighted by Gasteiger charge is -2.36. The van der Waals surface area contributed by atoms with Gasteiger partial charge in [0.25, 0.3) is 0 Å². The Bertz CT molecular complexity index is 180. The van der Waals surface area contributed by atoms with Crippen LogP contribution in [-0.2, 0) is 9.53 Å². The Morgan fingerprint density at radius 1 is 1.54 bits per heavy atom. The van der Waals surface area contributed by atoms with Gasteiger partial charge in [0.05, 0.1) is 17.5 Å². The average molecular weight is 252 g/mol. The molecule has 1 rings (SSSR count). The summed E-state index contributed by atoms with van der Waals surface area (Å²) in [6, 6.07) is 0. The molecule has 1 fully saturated rings. The zero-order valence-corrected chi connectivity index (χ0v) is 8.97. The summed E-state index contributed by atoms with van der Waals surface area (Å²) in [5.74, 6) is -0.0871. The first-order valence-corrected chi connectivity index (χ1v) is 5.40. The van der Waals surface area contributed by atoms with Crippen molar-refractivity contribution in [2.45, 2.75) is 18.4 Å². The lowest BCUT2D eigenvalue weighted by molar-refractivity contribution is -0.122. The summed E-state index contributed by atoms with van der Waals surface area (Å²) in [5, 5.41) is 12.3. The third kappa shape index (κ3) is 2.93. The molecule has 0 atom stereocenters. The van der Waals surface area contributed by atoms with Crippen molar-refractivity contribution in [2.24, 2.45) is 0 Å². The van der Waals surface area contributed by atoms with E-state index in [-0.39, 0.29) is 17.8 Å². The molecule has 0 saturated carbocycles. The normalized spacial score (nSPS) is 21.1. The second kappa shape index (κ2) is 4.93. The molecule has 1 heterocycles. The molecule has 0 radical (unpaired) electrons. The molecule has 1 saturated heterocycles. The summed E-state index contributed by atoms with van der Waals surface area (Å²) in [6.45, 7) is 1.18. The van der Waals surface area contributed by atoms with Crippen molar-refractivity contribution >= 4 is 21.8 Å². The summed E-state index contributed by atoms with van der Waals surface area (Å²) in [7, 11) is 0. The molecule has 2 N–H and O–H groups in total. The van der Waals surface area contributed by atoms with Crippen LogP contribution in [0.4, 0.5) is 0 Å². The Balaban J connectivity index is 2.52. The highest BCUT2D eigenvalue weighted by Gasteiger charge is 2.32. The molecule has 0 aliphatic carbocycles. The summed E-state index contributed by atoms with van der Waals surface area (Å²) < 4.78 is 5.17. The van der Waals surface area contributed by atoms with E-state index in [4.69, 9.17) is 4.74 Å². The van der Waals surface area contributed by atoms with Gasteiger partial charge in [0, 0.05) is 13.2 Å². The Morgan fingerprint density at radius 2 is 2.15 bits per heavy atom. The first-order chi connectivity index (χ1) is 6.22. The highest BCUT2D eigenvalue weighted by molar-refractivity contribution is 9.09. The number of rotatable bonds is 3. The third-order valence-electron chi connectivity index (χ3n) is 2.28. The number of nitrogens with one attached hydrogen (secondary N) is 1. The van der Waals surface area contributed by atoms with Crippen molar-refractivity contribution in [3.05, 3.63) is 0 Å². The van der Waals surface area contributed by atoms with Crippen molar-refractivity contribution in [2.75, 3.05) is 25.2 Å². The van der Waals surface area contributed by atoms with Crippen molar-refractivity contribution in [1.82, 2.24) is 5.32 Å². The molecule has 1 aliphatic heterocycles. The molecular weight excluding hydrogens is 238 g/mol. The summed E-state index contributed by atoms with van der Waals surface area (Å²) in [5.41, 5.74) is -0.455. The number of aliphatic hydroxyl groups is 1. The van der Waals surface area contributed by atoms with E-state index in [1.54, 1.807) is 0 Å². The Hall–Kier alpha value is -0.130. The molecule has 4 nitrogen and oxygen atoms in total. The van der Waals surface area contributed by atoms with Gasteiger partial charge in [-0.05, 0) is 12.8 Å². The van der Waals surface area contributed by atoms with Crippen LogP contribution in [0, 0.1) is 0 Å². The topological polar surface area (TPSA) is 58.6 Å². The number of amides is 1.